The van der Waals surface area contributed by atoms with E-state index < -0.39 is 0 Å². The molecule has 5 rings (SSSR count). The van der Waals surface area contributed by atoms with Crippen LogP contribution in [0.1, 0.15) is 11.1 Å². The van der Waals surface area contributed by atoms with Crippen LogP contribution in [0.5, 0.6) is 11.5 Å². The number of nitriles is 2. The fourth-order valence-electron chi connectivity index (χ4n) is 4.29. The maximum Gasteiger partial charge on any atom is 0.119 e. The van der Waals surface area contributed by atoms with Crippen LogP contribution in [-0.2, 0) is 0 Å². The number of benzene rings is 5. The van der Waals surface area contributed by atoms with Crippen molar-refractivity contribution in [3.05, 3.63) is 71.8 Å². The average molecular weight is 388 g/mol. The van der Waals surface area contributed by atoms with Gasteiger partial charge in [0.15, 0.2) is 0 Å². The highest BCUT2D eigenvalue weighted by molar-refractivity contribution is 6.29. The Morgan fingerprint density at radius 2 is 1.00 bits per heavy atom. The van der Waals surface area contributed by atoms with E-state index in [2.05, 4.69) is 12.1 Å². The van der Waals surface area contributed by atoms with E-state index >= 15 is 0 Å². The first-order chi connectivity index (χ1) is 14.7. The van der Waals surface area contributed by atoms with Crippen LogP contribution in [0, 0.1) is 22.7 Å². The molecule has 4 heteroatoms. The summed E-state index contributed by atoms with van der Waals surface area (Å²) in [4.78, 5) is 0. The zero-order chi connectivity index (χ0) is 20.8. The molecule has 142 valence electrons. The summed E-state index contributed by atoms with van der Waals surface area (Å²) in [5.74, 6) is 1.46. The van der Waals surface area contributed by atoms with Gasteiger partial charge < -0.3 is 9.47 Å². The molecule has 0 atom stereocenters. The second kappa shape index (κ2) is 6.65. The predicted octanol–water partition coefficient (Wildman–Crippen LogP) is 6.06. The first-order valence-corrected chi connectivity index (χ1v) is 9.46. The Morgan fingerprint density at radius 3 is 1.37 bits per heavy atom. The molecule has 0 radical (unpaired) electrons. The van der Waals surface area contributed by atoms with E-state index in [1.165, 1.54) is 0 Å². The molecular weight excluding hydrogens is 372 g/mol. The second-order valence-electron chi connectivity index (χ2n) is 7.16. The highest BCUT2D eigenvalue weighted by atomic mass is 16.5. The maximum atomic E-state index is 9.71. The molecule has 0 fully saturated rings. The number of methoxy groups -OCH3 is 2. The summed E-state index contributed by atoms with van der Waals surface area (Å²) in [7, 11) is 3.27. The Balaban J connectivity index is 2.13. The van der Waals surface area contributed by atoms with E-state index in [1.54, 1.807) is 14.2 Å². The number of rotatable bonds is 2. The molecule has 0 amide bonds. The van der Waals surface area contributed by atoms with E-state index in [1.807, 2.05) is 60.7 Å². The predicted molar refractivity (Wildman–Crippen MR) is 119 cm³/mol. The SMILES string of the molecule is COc1ccc2c(C#N)cc3ccc4cc(C#N)c5ccc(OC)cc5c4c3c2c1. The van der Waals surface area contributed by atoms with Crippen LogP contribution in [0.15, 0.2) is 60.7 Å². The molecule has 0 bridgehead atoms. The smallest absolute Gasteiger partial charge is 0.119 e. The Labute approximate surface area is 173 Å². The molecule has 0 saturated carbocycles. The third-order valence-corrected chi connectivity index (χ3v) is 5.68. The molecule has 5 aromatic rings. The average Bonchev–Trinajstić information content (AvgIpc) is 2.81. The van der Waals surface area contributed by atoms with Gasteiger partial charge in [-0.15, -0.1) is 0 Å². The lowest BCUT2D eigenvalue weighted by Crippen LogP contribution is -1.91. The molecule has 4 nitrogen and oxygen atoms in total. The zero-order valence-corrected chi connectivity index (χ0v) is 16.5. The van der Waals surface area contributed by atoms with Gasteiger partial charge in [0, 0.05) is 10.8 Å². The Morgan fingerprint density at radius 1 is 0.567 bits per heavy atom. The van der Waals surface area contributed by atoms with Crippen LogP contribution < -0.4 is 9.47 Å². The quantitative estimate of drug-likeness (QED) is 0.345. The summed E-state index contributed by atoms with van der Waals surface area (Å²) in [6.07, 6.45) is 0. The van der Waals surface area contributed by atoms with Crippen molar-refractivity contribution in [3.63, 3.8) is 0 Å². The largest absolute Gasteiger partial charge is 0.497 e. The fourth-order valence-corrected chi connectivity index (χ4v) is 4.29. The normalized spacial score (nSPS) is 10.9. The lowest BCUT2D eigenvalue weighted by Gasteiger charge is -2.14. The zero-order valence-electron chi connectivity index (χ0n) is 16.5. The van der Waals surface area contributed by atoms with Crippen molar-refractivity contribution in [2.45, 2.75) is 0 Å². The van der Waals surface area contributed by atoms with Gasteiger partial charge in [-0.1, -0.05) is 12.1 Å². The van der Waals surface area contributed by atoms with E-state index in [-0.39, 0.29) is 0 Å². The molecule has 0 spiro atoms. The van der Waals surface area contributed by atoms with Gasteiger partial charge in [0.05, 0.1) is 37.5 Å². The molecule has 0 N–H and O–H groups in total. The van der Waals surface area contributed by atoms with Crippen LogP contribution in [0.2, 0.25) is 0 Å². The summed E-state index contributed by atoms with van der Waals surface area (Å²) in [5, 5.41) is 27.1. The van der Waals surface area contributed by atoms with E-state index in [0.717, 1.165) is 54.6 Å². The second-order valence-corrected chi connectivity index (χ2v) is 7.16. The van der Waals surface area contributed by atoms with Gasteiger partial charge in [0.1, 0.15) is 11.5 Å². The molecule has 30 heavy (non-hydrogen) atoms. The number of nitrogens with zero attached hydrogens (tertiary/aromatic N) is 2. The molecule has 5 aromatic carbocycles. The van der Waals surface area contributed by atoms with Crippen LogP contribution in [0.4, 0.5) is 0 Å². The number of hydrogen-bond acceptors (Lipinski definition) is 4. The monoisotopic (exact) mass is 388 g/mol. The van der Waals surface area contributed by atoms with Crippen molar-refractivity contribution < 1.29 is 9.47 Å². The summed E-state index contributed by atoms with van der Waals surface area (Å²) < 4.78 is 10.9. The van der Waals surface area contributed by atoms with E-state index in [9.17, 15) is 10.5 Å². The van der Waals surface area contributed by atoms with Crippen LogP contribution in [0.3, 0.4) is 0 Å². The third kappa shape index (κ3) is 2.45. The highest BCUT2D eigenvalue weighted by Crippen LogP contribution is 2.40. The van der Waals surface area contributed by atoms with Gasteiger partial charge in [0.25, 0.3) is 0 Å². The molecule has 0 saturated heterocycles. The number of ether oxygens (including phenoxy) is 2. The van der Waals surface area contributed by atoms with E-state index in [4.69, 9.17) is 9.47 Å². The summed E-state index contributed by atoms with van der Waals surface area (Å²) in [5.41, 5.74) is 1.24. The molecule has 0 heterocycles. The van der Waals surface area contributed by atoms with Gasteiger partial charge in [-0.2, -0.15) is 10.5 Å². The fraction of sp³-hybridized carbons (Fsp3) is 0.0769. The molecule has 0 unspecified atom stereocenters. The molecule has 0 aliphatic carbocycles. The van der Waals surface area contributed by atoms with Crippen LogP contribution in [0.25, 0.3) is 43.1 Å². The Hall–Kier alpha value is -4.28. The highest BCUT2D eigenvalue weighted by Gasteiger charge is 2.15. The minimum absolute atomic E-state index is 0.620. The summed E-state index contributed by atoms with van der Waals surface area (Å²) >= 11 is 0. The third-order valence-electron chi connectivity index (χ3n) is 5.68. The summed E-state index contributed by atoms with van der Waals surface area (Å²) in [6.45, 7) is 0. The first kappa shape index (κ1) is 17.8. The van der Waals surface area contributed by atoms with Gasteiger partial charge in [-0.25, -0.2) is 0 Å². The Kier molecular flexibility index (Phi) is 3.95. The molecular formula is C26H16N2O2. The number of fused-ring (bicyclic) bond motifs is 7. The standard InChI is InChI=1S/C26H16N2O2/c1-29-19-5-7-21-17(13-27)9-15-3-4-16-10-18(14-28)22-8-6-20(30-2)12-24(22)26(16)25(15)23(21)11-19/h3-12H,1-2H3. The molecule has 0 aromatic heterocycles. The van der Waals surface area contributed by atoms with Crippen molar-refractivity contribution in [1.82, 2.24) is 0 Å². The lowest BCUT2D eigenvalue weighted by atomic mass is 9.89. The van der Waals surface area contributed by atoms with Crippen molar-refractivity contribution in [3.8, 4) is 23.6 Å². The van der Waals surface area contributed by atoms with Gasteiger partial charge >= 0.3 is 0 Å². The van der Waals surface area contributed by atoms with Crippen LogP contribution >= 0.6 is 0 Å². The van der Waals surface area contributed by atoms with Gasteiger partial charge in [0.2, 0.25) is 0 Å². The lowest BCUT2D eigenvalue weighted by molar-refractivity contribution is 0.415. The molecule has 0 aliphatic rings. The number of hydrogen-bond donors (Lipinski definition) is 0. The van der Waals surface area contributed by atoms with Crippen LogP contribution in [-0.4, -0.2) is 14.2 Å². The summed E-state index contributed by atoms with van der Waals surface area (Å²) in [6, 6.07) is 24.0. The minimum Gasteiger partial charge on any atom is -0.497 e. The van der Waals surface area contributed by atoms with Crippen molar-refractivity contribution in [2.75, 3.05) is 14.2 Å². The van der Waals surface area contributed by atoms with Gasteiger partial charge in [-0.3, -0.25) is 0 Å². The van der Waals surface area contributed by atoms with Crippen molar-refractivity contribution in [1.29, 1.82) is 10.5 Å². The Bertz CT molecular complexity index is 1470. The maximum absolute atomic E-state index is 9.71. The van der Waals surface area contributed by atoms with Crippen molar-refractivity contribution in [2.24, 2.45) is 0 Å². The van der Waals surface area contributed by atoms with Crippen molar-refractivity contribution >= 4 is 43.1 Å². The molecule has 0 aliphatic heterocycles. The minimum atomic E-state index is 0.620. The topological polar surface area (TPSA) is 66.0 Å². The first-order valence-electron chi connectivity index (χ1n) is 9.46. The van der Waals surface area contributed by atoms with Gasteiger partial charge in [-0.05, 0) is 80.8 Å². The van der Waals surface area contributed by atoms with E-state index in [0.29, 0.717) is 11.1 Å².